The molecule has 1 N–H and O–H groups in total. The van der Waals surface area contributed by atoms with Crippen molar-refractivity contribution in [3.05, 3.63) is 41.0 Å². The first-order valence-corrected chi connectivity index (χ1v) is 9.74. The van der Waals surface area contributed by atoms with E-state index in [1.165, 1.54) is 50.0 Å². The Kier molecular flexibility index (Phi) is 7.06. The van der Waals surface area contributed by atoms with E-state index in [-0.39, 0.29) is 0 Å². The van der Waals surface area contributed by atoms with Gasteiger partial charge < -0.3 is 5.32 Å². The third-order valence-electron chi connectivity index (χ3n) is 5.21. The van der Waals surface area contributed by atoms with E-state index in [9.17, 15) is 0 Å². The van der Waals surface area contributed by atoms with Crippen LogP contribution < -0.4 is 5.32 Å². The van der Waals surface area contributed by atoms with Crippen LogP contribution in [0.5, 0.6) is 0 Å². The number of aryl methyl sites for hydroxylation is 1. The van der Waals surface area contributed by atoms with Crippen molar-refractivity contribution in [2.24, 2.45) is 5.41 Å². The number of nitrogens with one attached hydrogen (secondary N) is 1. The SMILES string of the molecule is CC.Cc1ccc(C2=C(CN3CCNCC3)CCC(C)(C)C2)cc1. The quantitative estimate of drug-likeness (QED) is 0.850. The lowest BCUT2D eigenvalue weighted by Crippen LogP contribution is -2.44. The van der Waals surface area contributed by atoms with Gasteiger partial charge in [-0.1, -0.05) is 63.1 Å². The highest BCUT2D eigenvalue weighted by atomic mass is 15.2. The molecule has 0 amide bonds. The fraction of sp³-hybridized carbons (Fsp3) is 0.636. The smallest absolute Gasteiger partial charge is 0.0200 e. The normalized spacial score (nSPS) is 21.2. The van der Waals surface area contributed by atoms with Crippen molar-refractivity contribution in [3.63, 3.8) is 0 Å². The molecule has 0 unspecified atom stereocenters. The summed E-state index contributed by atoms with van der Waals surface area (Å²) < 4.78 is 0. The molecule has 2 heteroatoms. The van der Waals surface area contributed by atoms with Gasteiger partial charge in [0.15, 0.2) is 0 Å². The van der Waals surface area contributed by atoms with Gasteiger partial charge in [0, 0.05) is 32.7 Å². The van der Waals surface area contributed by atoms with Gasteiger partial charge in [-0.25, -0.2) is 0 Å². The lowest BCUT2D eigenvalue weighted by Gasteiger charge is -2.36. The van der Waals surface area contributed by atoms with Gasteiger partial charge >= 0.3 is 0 Å². The zero-order valence-corrected chi connectivity index (χ0v) is 16.4. The number of hydrogen-bond acceptors (Lipinski definition) is 2. The van der Waals surface area contributed by atoms with Gasteiger partial charge in [-0.2, -0.15) is 0 Å². The van der Waals surface area contributed by atoms with Gasteiger partial charge in [-0.15, -0.1) is 0 Å². The van der Waals surface area contributed by atoms with Crippen molar-refractivity contribution >= 4 is 5.57 Å². The van der Waals surface area contributed by atoms with Gasteiger partial charge in [0.05, 0.1) is 0 Å². The van der Waals surface area contributed by atoms with Crippen LogP contribution in [0.1, 0.15) is 58.1 Å². The van der Waals surface area contributed by atoms with Gasteiger partial charge in [0.25, 0.3) is 0 Å². The Morgan fingerprint density at radius 2 is 1.67 bits per heavy atom. The largest absolute Gasteiger partial charge is 0.314 e. The molecule has 1 heterocycles. The summed E-state index contributed by atoms with van der Waals surface area (Å²) in [6, 6.07) is 9.16. The number of nitrogens with zero attached hydrogens (tertiary/aromatic N) is 1. The summed E-state index contributed by atoms with van der Waals surface area (Å²) in [5.41, 5.74) is 6.54. The summed E-state index contributed by atoms with van der Waals surface area (Å²) in [6.45, 7) is 16.8. The molecule has 0 saturated carbocycles. The van der Waals surface area contributed by atoms with Crippen LogP contribution in [-0.2, 0) is 0 Å². The monoisotopic (exact) mass is 328 g/mol. The first kappa shape index (κ1) is 19.2. The number of allylic oxidation sites excluding steroid dienone is 1. The summed E-state index contributed by atoms with van der Waals surface area (Å²) in [5.74, 6) is 0. The fourth-order valence-electron chi connectivity index (χ4n) is 3.71. The van der Waals surface area contributed by atoms with Crippen molar-refractivity contribution in [2.75, 3.05) is 32.7 Å². The van der Waals surface area contributed by atoms with E-state index in [1.54, 1.807) is 11.1 Å². The molecule has 134 valence electrons. The minimum atomic E-state index is 0.438. The van der Waals surface area contributed by atoms with Crippen LogP contribution >= 0.6 is 0 Å². The first-order chi connectivity index (χ1) is 11.5. The standard InChI is InChI=1S/C20H30N2.C2H6/c1-16-4-6-17(7-5-16)19-14-20(2,3)9-8-18(19)15-22-12-10-21-11-13-22;1-2/h4-7,21H,8-15H2,1-3H3;1-2H3. The highest BCUT2D eigenvalue weighted by Crippen LogP contribution is 2.43. The van der Waals surface area contributed by atoms with Gasteiger partial charge in [-0.3, -0.25) is 4.90 Å². The second-order valence-corrected chi connectivity index (χ2v) is 7.82. The van der Waals surface area contributed by atoms with Crippen LogP contribution in [0.15, 0.2) is 29.8 Å². The molecule has 1 aliphatic heterocycles. The molecule has 1 saturated heterocycles. The van der Waals surface area contributed by atoms with Crippen molar-refractivity contribution < 1.29 is 0 Å². The van der Waals surface area contributed by atoms with Gasteiger partial charge in [-0.05, 0) is 42.7 Å². The minimum absolute atomic E-state index is 0.438. The Hall–Kier alpha value is -1.12. The highest BCUT2D eigenvalue weighted by molar-refractivity contribution is 5.70. The van der Waals surface area contributed by atoms with Crippen molar-refractivity contribution in [1.29, 1.82) is 0 Å². The first-order valence-electron chi connectivity index (χ1n) is 9.74. The summed E-state index contributed by atoms with van der Waals surface area (Å²) in [4.78, 5) is 2.62. The topological polar surface area (TPSA) is 15.3 Å². The number of hydrogen-bond donors (Lipinski definition) is 1. The molecule has 1 aliphatic carbocycles. The maximum Gasteiger partial charge on any atom is 0.0200 e. The Balaban J connectivity index is 0.00000100. The maximum atomic E-state index is 3.46. The molecule has 0 bridgehead atoms. The second-order valence-electron chi connectivity index (χ2n) is 7.82. The van der Waals surface area contributed by atoms with Crippen molar-refractivity contribution in [2.45, 2.75) is 53.9 Å². The zero-order valence-electron chi connectivity index (χ0n) is 16.4. The molecule has 2 nitrogen and oxygen atoms in total. The highest BCUT2D eigenvalue weighted by Gasteiger charge is 2.28. The summed E-state index contributed by atoms with van der Waals surface area (Å²) in [7, 11) is 0. The zero-order chi connectivity index (χ0) is 17.6. The summed E-state index contributed by atoms with van der Waals surface area (Å²) >= 11 is 0. The molecule has 0 radical (unpaired) electrons. The second kappa shape index (κ2) is 8.82. The van der Waals surface area contributed by atoms with Crippen LogP contribution in [0, 0.1) is 12.3 Å². The molecule has 0 aromatic heterocycles. The Labute approximate surface area is 149 Å². The molecule has 1 aromatic carbocycles. The van der Waals surface area contributed by atoms with E-state index < -0.39 is 0 Å². The van der Waals surface area contributed by atoms with Crippen molar-refractivity contribution in [1.82, 2.24) is 10.2 Å². The van der Waals surface area contributed by atoms with Crippen LogP contribution in [0.2, 0.25) is 0 Å². The molecule has 1 aromatic rings. The molecule has 0 spiro atoms. The Morgan fingerprint density at radius 1 is 1.04 bits per heavy atom. The number of benzene rings is 1. The van der Waals surface area contributed by atoms with Gasteiger partial charge in [0.2, 0.25) is 0 Å². The third-order valence-corrected chi connectivity index (χ3v) is 5.21. The molecule has 0 atom stereocenters. The maximum absolute atomic E-state index is 3.46. The van der Waals surface area contributed by atoms with E-state index in [4.69, 9.17) is 0 Å². The van der Waals surface area contributed by atoms with E-state index >= 15 is 0 Å². The van der Waals surface area contributed by atoms with Crippen molar-refractivity contribution in [3.8, 4) is 0 Å². The van der Waals surface area contributed by atoms with E-state index in [0.29, 0.717) is 5.41 Å². The van der Waals surface area contributed by atoms with E-state index in [1.807, 2.05) is 13.8 Å². The third kappa shape index (κ3) is 5.19. The van der Waals surface area contributed by atoms with Crippen LogP contribution in [-0.4, -0.2) is 37.6 Å². The molecular weight excluding hydrogens is 292 g/mol. The fourth-order valence-corrected chi connectivity index (χ4v) is 3.71. The number of rotatable bonds is 3. The summed E-state index contributed by atoms with van der Waals surface area (Å²) in [6.07, 6.45) is 3.81. The predicted octanol–water partition coefficient (Wildman–Crippen LogP) is 4.89. The molecule has 3 rings (SSSR count). The molecule has 1 fully saturated rings. The predicted molar refractivity (Wildman–Crippen MR) is 106 cm³/mol. The Bertz CT molecular complexity index is 534. The average molecular weight is 329 g/mol. The summed E-state index contributed by atoms with van der Waals surface area (Å²) in [5, 5.41) is 3.46. The van der Waals surface area contributed by atoms with Crippen LogP contribution in [0.4, 0.5) is 0 Å². The van der Waals surface area contributed by atoms with Gasteiger partial charge in [0.1, 0.15) is 0 Å². The van der Waals surface area contributed by atoms with E-state index in [0.717, 1.165) is 13.1 Å². The molecular formula is C22H36N2. The lowest BCUT2D eigenvalue weighted by molar-refractivity contribution is 0.249. The van der Waals surface area contributed by atoms with Crippen LogP contribution in [0.25, 0.3) is 5.57 Å². The molecule has 2 aliphatic rings. The van der Waals surface area contributed by atoms with Crippen LogP contribution in [0.3, 0.4) is 0 Å². The minimum Gasteiger partial charge on any atom is -0.314 e. The number of piperazine rings is 1. The Morgan fingerprint density at radius 3 is 2.29 bits per heavy atom. The lowest BCUT2D eigenvalue weighted by atomic mass is 9.72. The molecule has 24 heavy (non-hydrogen) atoms. The van der Waals surface area contributed by atoms with E-state index in [2.05, 4.69) is 55.3 Å². The average Bonchev–Trinajstić information content (AvgIpc) is 2.60.